The average Bonchev–Trinajstić information content (AvgIpc) is 3.39. The van der Waals surface area contributed by atoms with Gasteiger partial charge in [-0.05, 0) is 79.8 Å². The van der Waals surface area contributed by atoms with Crippen molar-refractivity contribution in [2.24, 2.45) is 0 Å². The third-order valence-electron chi connectivity index (χ3n) is 6.28. The largest absolute Gasteiger partial charge is 0.496 e. The van der Waals surface area contributed by atoms with Crippen LogP contribution in [0.25, 0.3) is 22.6 Å². The fourth-order valence-corrected chi connectivity index (χ4v) is 4.58. The maximum absolute atomic E-state index is 13.6. The summed E-state index contributed by atoms with van der Waals surface area (Å²) >= 11 is 0. The second kappa shape index (κ2) is 9.58. The van der Waals surface area contributed by atoms with Gasteiger partial charge in [0.1, 0.15) is 18.1 Å². The lowest BCUT2D eigenvalue weighted by molar-refractivity contribution is 0.0471. The van der Waals surface area contributed by atoms with Crippen LogP contribution in [-0.2, 0) is 17.8 Å². The lowest BCUT2D eigenvalue weighted by atomic mass is 9.86. The number of esters is 1. The average molecular weight is 468 g/mol. The first-order valence-electron chi connectivity index (χ1n) is 11.6. The number of furan rings is 1. The molecule has 1 aliphatic rings. The van der Waals surface area contributed by atoms with Crippen molar-refractivity contribution in [2.45, 2.75) is 32.8 Å². The zero-order chi connectivity index (χ0) is 24.4. The quantitative estimate of drug-likeness (QED) is 0.246. The number of fused-ring (bicyclic) bond motifs is 2. The highest BCUT2D eigenvalue weighted by atomic mass is 16.5. The molecule has 6 heteroatoms. The maximum atomic E-state index is 13.6. The highest BCUT2D eigenvalue weighted by Crippen LogP contribution is 2.36. The van der Waals surface area contributed by atoms with Crippen LogP contribution >= 0.6 is 0 Å². The van der Waals surface area contributed by atoms with Crippen molar-refractivity contribution in [2.75, 3.05) is 7.11 Å². The Labute approximate surface area is 203 Å². The Morgan fingerprint density at radius 1 is 1.09 bits per heavy atom. The normalized spacial score (nSPS) is 14.1. The highest BCUT2D eigenvalue weighted by molar-refractivity contribution is 6.06. The van der Waals surface area contributed by atoms with Gasteiger partial charge >= 0.3 is 5.97 Å². The summed E-state index contributed by atoms with van der Waals surface area (Å²) in [5.41, 5.74) is 5.20. The van der Waals surface area contributed by atoms with E-state index < -0.39 is 5.97 Å². The summed E-state index contributed by atoms with van der Waals surface area (Å²) < 4.78 is 16.7. The van der Waals surface area contributed by atoms with Gasteiger partial charge < -0.3 is 13.9 Å². The van der Waals surface area contributed by atoms with E-state index in [1.807, 2.05) is 42.5 Å². The van der Waals surface area contributed by atoms with Gasteiger partial charge in [0.05, 0.1) is 30.1 Å². The zero-order valence-corrected chi connectivity index (χ0v) is 19.7. The predicted octanol–water partition coefficient (Wildman–Crippen LogP) is 6.27. The lowest BCUT2D eigenvalue weighted by Crippen LogP contribution is -2.15. The second-order valence-electron chi connectivity index (χ2n) is 8.53. The lowest BCUT2D eigenvalue weighted by Gasteiger charge is -2.22. The van der Waals surface area contributed by atoms with E-state index in [2.05, 4.69) is 0 Å². The molecular weight excluding hydrogens is 442 g/mol. The molecule has 0 atom stereocenters. The van der Waals surface area contributed by atoms with Gasteiger partial charge in [-0.2, -0.15) is 0 Å². The maximum Gasteiger partial charge on any atom is 0.339 e. The third-order valence-corrected chi connectivity index (χ3v) is 6.28. The molecule has 176 valence electrons. The molecule has 0 fully saturated rings. The molecule has 2 heterocycles. The van der Waals surface area contributed by atoms with Crippen molar-refractivity contribution in [3.05, 3.63) is 94.6 Å². The highest BCUT2D eigenvalue weighted by Gasteiger charge is 2.26. The van der Waals surface area contributed by atoms with E-state index in [0.29, 0.717) is 22.4 Å². The molecule has 0 aliphatic heterocycles. The van der Waals surface area contributed by atoms with Gasteiger partial charge in [-0.25, -0.2) is 9.78 Å². The zero-order valence-electron chi connectivity index (χ0n) is 19.7. The van der Waals surface area contributed by atoms with Crippen LogP contribution in [0.15, 0.2) is 65.3 Å². The molecule has 0 saturated carbocycles. The van der Waals surface area contributed by atoms with Gasteiger partial charge in [-0.3, -0.25) is 4.79 Å². The Kier molecular flexibility index (Phi) is 6.19. The van der Waals surface area contributed by atoms with Gasteiger partial charge in [0, 0.05) is 16.5 Å². The number of carbonyl (C=O) groups is 2. The topological polar surface area (TPSA) is 78.6 Å². The number of hydrogen-bond acceptors (Lipinski definition) is 6. The first-order valence-corrected chi connectivity index (χ1v) is 11.6. The Morgan fingerprint density at radius 3 is 2.71 bits per heavy atom. The number of nitrogens with zero attached hydrogens (tertiary/aromatic N) is 1. The van der Waals surface area contributed by atoms with Crippen LogP contribution in [0.5, 0.6) is 5.75 Å². The summed E-state index contributed by atoms with van der Waals surface area (Å²) in [5, 5.41) is 0.764. The number of hydrogen-bond donors (Lipinski definition) is 0. The van der Waals surface area contributed by atoms with Gasteiger partial charge in [-0.1, -0.05) is 18.2 Å². The van der Waals surface area contributed by atoms with Crippen LogP contribution in [0.4, 0.5) is 0 Å². The molecule has 0 unspecified atom stereocenters. The number of rotatable bonds is 6. The van der Waals surface area contributed by atoms with Gasteiger partial charge in [0.15, 0.2) is 5.78 Å². The predicted molar refractivity (Wildman–Crippen MR) is 133 cm³/mol. The number of methoxy groups -OCH3 is 1. The molecular formula is C29H25NO5. The van der Waals surface area contributed by atoms with E-state index in [0.717, 1.165) is 52.8 Å². The molecule has 35 heavy (non-hydrogen) atoms. The van der Waals surface area contributed by atoms with Crippen molar-refractivity contribution in [3.63, 3.8) is 0 Å². The summed E-state index contributed by atoms with van der Waals surface area (Å²) in [6.07, 6.45) is 6.11. The van der Waals surface area contributed by atoms with Gasteiger partial charge in [0.25, 0.3) is 0 Å². The number of pyridine rings is 1. The fraction of sp³-hybridized carbons (Fsp3) is 0.207. The van der Waals surface area contributed by atoms with Crippen molar-refractivity contribution >= 4 is 34.3 Å². The Morgan fingerprint density at radius 2 is 1.94 bits per heavy atom. The van der Waals surface area contributed by atoms with Crippen molar-refractivity contribution < 1.29 is 23.5 Å². The van der Waals surface area contributed by atoms with E-state index in [9.17, 15) is 9.59 Å². The SMILES string of the molecule is COc1ccc(C(C)=O)cc1COC(=O)c1c2c(nc3ccccc13)C(=Cc1ccco1)CCC2. The number of Topliss-reactive ketones (excluding diaryl/α,β-unsaturated/α-hetero) is 1. The first-order chi connectivity index (χ1) is 17.0. The number of carbonyl (C=O) groups excluding carboxylic acids is 2. The van der Waals surface area contributed by atoms with Crippen molar-refractivity contribution in [3.8, 4) is 5.75 Å². The number of ketones is 1. The molecule has 5 rings (SSSR count). The van der Waals surface area contributed by atoms with Crippen LogP contribution in [0.2, 0.25) is 0 Å². The molecule has 0 bridgehead atoms. The minimum Gasteiger partial charge on any atom is -0.496 e. The minimum absolute atomic E-state index is 0.0103. The van der Waals surface area contributed by atoms with Crippen molar-refractivity contribution in [1.82, 2.24) is 4.98 Å². The Balaban J connectivity index is 1.55. The first kappa shape index (κ1) is 22.6. The van der Waals surface area contributed by atoms with E-state index >= 15 is 0 Å². The van der Waals surface area contributed by atoms with Crippen LogP contribution in [0, 0.1) is 0 Å². The molecule has 0 saturated heterocycles. The Hall–Kier alpha value is -4.19. The van der Waals surface area contributed by atoms with Gasteiger partial charge in [0.2, 0.25) is 0 Å². The molecule has 2 aromatic heterocycles. The van der Waals surface area contributed by atoms with Gasteiger partial charge in [-0.15, -0.1) is 0 Å². The Bertz CT molecular complexity index is 1450. The molecule has 0 N–H and O–H groups in total. The summed E-state index contributed by atoms with van der Waals surface area (Å²) in [6.45, 7) is 1.49. The second-order valence-corrected chi connectivity index (χ2v) is 8.53. The van der Waals surface area contributed by atoms with Crippen LogP contribution in [0.1, 0.15) is 63.1 Å². The number of ether oxygens (including phenoxy) is 2. The molecule has 0 amide bonds. The minimum atomic E-state index is -0.422. The van der Waals surface area contributed by atoms with Crippen LogP contribution in [-0.4, -0.2) is 23.8 Å². The number of benzene rings is 2. The molecule has 0 radical (unpaired) electrons. The molecule has 4 aromatic rings. The van der Waals surface area contributed by atoms with E-state index in [-0.39, 0.29) is 12.4 Å². The summed E-state index contributed by atoms with van der Waals surface area (Å²) in [7, 11) is 1.55. The van der Waals surface area contributed by atoms with Crippen LogP contribution < -0.4 is 4.74 Å². The van der Waals surface area contributed by atoms with E-state index in [4.69, 9.17) is 18.9 Å². The number of para-hydroxylation sites is 1. The fourth-order valence-electron chi connectivity index (χ4n) is 4.58. The van der Waals surface area contributed by atoms with Crippen molar-refractivity contribution in [1.29, 1.82) is 0 Å². The standard InChI is InChI=1S/C29H25NO5/c1-18(31)19-12-13-26(33-2)21(15-19)17-35-29(32)27-23-9-3-4-11-25(23)30-28-20(7-5-10-24(27)28)16-22-8-6-14-34-22/h3-4,6,8-9,11-16H,5,7,10,17H2,1-2H3. The summed E-state index contributed by atoms with van der Waals surface area (Å²) in [5.74, 6) is 0.831. The smallest absolute Gasteiger partial charge is 0.339 e. The molecule has 6 nitrogen and oxygen atoms in total. The molecule has 0 spiro atoms. The number of allylic oxidation sites excluding steroid dienone is 1. The summed E-state index contributed by atoms with van der Waals surface area (Å²) in [4.78, 5) is 30.3. The third kappa shape index (κ3) is 4.47. The van der Waals surface area contributed by atoms with E-state index in [1.165, 1.54) is 6.92 Å². The van der Waals surface area contributed by atoms with Crippen LogP contribution in [0.3, 0.4) is 0 Å². The number of aromatic nitrogens is 1. The monoisotopic (exact) mass is 467 g/mol. The van der Waals surface area contributed by atoms with E-state index in [1.54, 1.807) is 31.6 Å². The molecule has 2 aromatic carbocycles. The molecule has 1 aliphatic carbocycles. The summed E-state index contributed by atoms with van der Waals surface area (Å²) in [6, 6.07) is 16.5.